The van der Waals surface area contributed by atoms with Gasteiger partial charge in [-0.1, -0.05) is 5.16 Å². The number of hydrogen-bond donors (Lipinski definition) is 1. The van der Waals surface area contributed by atoms with E-state index in [-0.39, 0.29) is 0 Å². The molecular formula is C11H21N5O. The van der Waals surface area contributed by atoms with Crippen LogP contribution in [-0.2, 0) is 13.0 Å². The molecule has 6 nitrogen and oxygen atoms in total. The molecule has 0 aromatic carbocycles. The molecule has 6 heteroatoms. The van der Waals surface area contributed by atoms with E-state index in [2.05, 4.69) is 39.4 Å². The van der Waals surface area contributed by atoms with E-state index in [1.807, 2.05) is 7.05 Å². The van der Waals surface area contributed by atoms with Crippen molar-refractivity contribution < 1.29 is 4.52 Å². The van der Waals surface area contributed by atoms with E-state index in [1.165, 1.54) is 0 Å². The van der Waals surface area contributed by atoms with E-state index >= 15 is 0 Å². The van der Waals surface area contributed by atoms with Gasteiger partial charge in [0, 0.05) is 32.1 Å². The van der Waals surface area contributed by atoms with Gasteiger partial charge in [0.15, 0.2) is 5.82 Å². The van der Waals surface area contributed by atoms with Crippen LogP contribution >= 0.6 is 0 Å². The third kappa shape index (κ3) is 3.24. The monoisotopic (exact) mass is 239 g/mol. The first-order chi connectivity index (χ1) is 8.19. The summed E-state index contributed by atoms with van der Waals surface area (Å²) >= 11 is 0. The predicted molar refractivity (Wildman–Crippen MR) is 64.7 cm³/mol. The molecule has 0 spiro atoms. The van der Waals surface area contributed by atoms with Crippen molar-refractivity contribution in [2.24, 2.45) is 0 Å². The molecule has 0 aliphatic carbocycles. The van der Waals surface area contributed by atoms with Gasteiger partial charge < -0.3 is 19.6 Å². The summed E-state index contributed by atoms with van der Waals surface area (Å²) in [6.07, 6.45) is 0.855. The van der Waals surface area contributed by atoms with E-state index in [0.29, 0.717) is 18.5 Å². The normalized spacial score (nSPS) is 23.1. The highest BCUT2D eigenvalue weighted by atomic mass is 16.5. The molecule has 0 amide bonds. The molecule has 1 fully saturated rings. The Morgan fingerprint density at radius 2 is 2.24 bits per heavy atom. The Balaban J connectivity index is 1.94. The minimum Gasteiger partial charge on any atom is -0.338 e. The average molecular weight is 239 g/mol. The predicted octanol–water partition coefficient (Wildman–Crippen LogP) is -0.423. The van der Waals surface area contributed by atoms with Crippen molar-refractivity contribution in [3.63, 3.8) is 0 Å². The van der Waals surface area contributed by atoms with Crippen molar-refractivity contribution in [1.29, 1.82) is 0 Å². The zero-order valence-electron chi connectivity index (χ0n) is 10.8. The number of piperazine rings is 1. The molecule has 1 aliphatic rings. The van der Waals surface area contributed by atoms with E-state index in [0.717, 1.165) is 31.9 Å². The molecule has 17 heavy (non-hydrogen) atoms. The lowest BCUT2D eigenvalue weighted by Gasteiger charge is -2.37. The minimum absolute atomic E-state index is 0.480. The first kappa shape index (κ1) is 12.5. The lowest BCUT2D eigenvalue weighted by atomic mass is 10.1. The SMILES string of the molecule is CNCc1nc(CC2CN(C)CCN2C)no1. The number of aromatic nitrogens is 2. The third-order valence-corrected chi connectivity index (χ3v) is 3.24. The van der Waals surface area contributed by atoms with Crippen LogP contribution < -0.4 is 5.32 Å². The van der Waals surface area contributed by atoms with Crippen LogP contribution in [0.3, 0.4) is 0 Å². The number of nitrogens with zero attached hydrogens (tertiary/aromatic N) is 4. The molecule has 0 bridgehead atoms. The first-order valence-corrected chi connectivity index (χ1v) is 6.04. The van der Waals surface area contributed by atoms with Gasteiger partial charge in [-0.15, -0.1) is 0 Å². The summed E-state index contributed by atoms with van der Waals surface area (Å²) in [6.45, 7) is 3.92. The Morgan fingerprint density at radius 3 is 3.00 bits per heavy atom. The molecular weight excluding hydrogens is 218 g/mol. The lowest BCUT2D eigenvalue weighted by molar-refractivity contribution is 0.113. The summed E-state index contributed by atoms with van der Waals surface area (Å²) in [5, 5.41) is 7.02. The van der Waals surface area contributed by atoms with Crippen molar-refractivity contribution >= 4 is 0 Å². The van der Waals surface area contributed by atoms with Crippen LogP contribution in [0.15, 0.2) is 4.52 Å². The van der Waals surface area contributed by atoms with E-state index in [9.17, 15) is 0 Å². The van der Waals surface area contributed by atoms with Gasteiger partial charge in [-0.05, 0) is 21.1 Å². The summed E-state index contributed by atoms with van der Waals surface area (Å²) < 4.78 is 5.15. The second kappa shape index (κ2) is 5.57. The zero-order valence-corrected chi connectivity index (χ0v) is 10.8. The molecule has 2 rings (SSSR count). The fourth-order valence-corrected chi connectivity index (χ4v) is 2.13. The van der Waals surface area contributed by atoms with Crippen LogP contribution in [0.1, 0.15) is 11.7 Å². The Kier molecular flexibility index (Phi) is 4.09. The van der Waals surface area contributed by atoms with Crippen molar-refractivity contribution in [2.45, 2.75) is 19.0 Å². The van der Waals surface area contributed by atoms with E-state index < -0.39 is 0 Å². The molecule has 1 unspecified atom stereocenters. The molecule has 1 aromatic rings. The number of likely N-dealkylation sites (N-methyl/N-ethyl adjacent to an activating group) is 2. The first-order valence-electron chi connectivity index (χ1n) is 6.04. The molecule has 1 atom stereocenters. The molecule has 0 radical (unpaired) electrons. The van der Waals surface area contributed by atoms with Gasteiger partial charge in [0.1, 0.15) is 0 Å². The highest BCUT2D eigenvalue weighted by Gasteiger charge is 2.24. The number of rotatable bonds is 4. The van der Waals surface area contributed by atoms with Crippen LogP contribution in [0.2, 0.25) is 0 Å². The van der Waals surface area contributed by atoms with Crippen molar-refractivity contribution in [3.8, 4) is 0 Å². The highest BCUT2D eigenvalue weighted by molar-refractivity contribution is 4.92. The summed E-state index contributed by atoms with van der Waals surface area (Å²) in [6, 6.07) is 0.480. The Bertz CT molecular complexity index is 353. The highest BCUT2D eigenvalue weighted by Crippen LogP contribution is 2.10. The van der Waals surface area contributed by atoms with Crippen molar-refractivity contribution in [3.05, 3.63) is 11.7 Å². The third-order valence-electron chi connectivity index (χ3n) is 3.24. The molecule has 1 aliphatic heterocycles. The topological polar surface area (TPSA) is 57.4 Å². The van der Waals surface area contributed by atoms with Gasteiger partial charge in [0.2, 0.25) is 5.89 Å². The largest absolute Gasteiger partial charge is 0.338 e. The summed E-state index contributed by atoms with van der Waals surface area (Å²) in [5.41, 5.74) is 0. The molecule has 1 aromatic heterocycles. The minimum atomic E-state index is 0.480. The Morgan fingerprint density at radius 1 is 1.41 bits per heavy atom. The summed E-state index contributed by atoms with van der Waals surface area (Å²) in [5.74, 6) is 1.47. The zero-order chi connectivity index (χ0) is 12.3. The molecule has 96 valence electrons. The quantitative estimate of drug-likeness (QED) is 0.770. The summed E-state index contributed by atoms with van der Waals surface area (Å²) in [7, 11) is 6.18. The lowest BCUT2D eigenvalue weighted by Crippen LogP contribution is -2.50. The Hall–Kier alpha value is -0.980. The standard InChI is InChI=1S/C11H21N5O/c1-12-7-11-13-10(14-17-11)6-9-8-15(2)4-5-16(9)3/h9,12H,4-8H2,1-3H3. The smallest absolute Gasteiger partial charge is 0.240 e. The van der Waals surface area contributed by atoms with Crippen molar-refractivity contribution in [2.75, 3.05) is 40.8 Å². The molecule has 0 saturated carbocycles. The van der Waals surface area contributed by atoms with Gasteiger partial charge in [0.25, 0.3) is 0 Å². The summed E-state index contributed by atoms with van der Waals surface area (Å²) in [4.78, 5) is 9.08. The van der Waals surface area contributed by atoms with Crippen LogP contribution in [0, 0.1) is 0 Å². The maximum absolute atomic E-state index is 5.15. The Labute approximate surface area is 102 Å². The second-order valence-electron chi connectivity index (χ2n) is 4.74. The second-order valence-corrected chi connectivity index (χ2v) is 4.74. The van der Waals surface area contributed by atoms with Gasteiger partial charge in [-0.2, -0.15) is 4.98 Å². The maximum Gasteiger partial charge on any atom is 0.240 e. The van der Waals surface area contributed by atoms with Crippen LogP contribution in [0.4, 0.5) is 0 Å². The van der Waals surface area contributed by atoms with Crippen LogP contribution in [0.5, 0.6) is 0 Å². The average Bonchev–Trinajstić information content (AvgIpc) is 2.72. The van der Waals surface area contributed by atoms with E-state index in [4.69, 9.17) is 4.52 Å². The van der Waals surface area contributed by atoms with E-state index in [1.54, 1.807) is 0 Å². The van der Waals surface area contributed by atoms with Gasteiger partial charge >= 0.3 is 0 Å². The fourth-order valence-electron chi connectivity index (χ4n) is 2.13. The molecule has 1 saturated heterocycles. The van der Waals surface area contributed by atoms with Gasteiger partial charge in [0.05, 0.1) is 6.54 Å². The van der Waals surface area contributed by atoms with Crippen LogP contribution in [-0.4, -0.2) is 66.8 Å². The number of nitrogens with one attached hydrogen (secondary N) is 1. The molecule has 1 N–H and O–H groups in total. The van der Waals surface area contributed by atoms with Gasteiger partial charge in [-0.25, -0.2) is 0 Å². The number of hydrogen-bond acceptors (Lipinski definition) is 6. The fraction of sp³-hybridized carbons (Fsp3) is 0.818. The van der Waals surface area contributed by atoms with Crippen LogP contribution in [0.25, 0.3) is 0 Å². The maximum atomic E-state index is 5.15. The van der Waals surface area contributed by atoms with Crippen molar-refractivity contribution in [1.82, 2.24) is 25.3 Å². The molecule has 2 heterocycles. The van der Waals surface area contributed by atoms with Gasteiger partial charge in [-0.3, -0.25) is 0 Å².